The van der Waals surface area contributed by atoms with Crippen LogP contribution in [0.3, 0.4) is 0 Å². The van der Waals surface area contributed by atoms with Crippen LogP contribution in [0.15, 0.2) is 52.1 Å². The summed E-state index contributed by atoms with van der Waals surface area (Å²) in [6.45, 7) is 2.35. The zero-order valence-electron chi connectivity index (χ0n) is 10.2. The van der Waals surface area contributed by atoms with Gasteiger partial charge in [0.15, 0.2) is 0 Å². The van der Waals surface area contributed by atoms with Crippen molar-refractivity contribution >= 4 is 27.7 Å². The van der Waals surface area contributed by atoms with Gasteiger partial charge in [-0.3, -0.25) is 4.98 Å². The lowest BCUT2D eigenvalue weighted by atomic mass is 9.79. The Morgan fingerprint density at radius 1 is 1.39 bits per heavy atom. The Labute approximate surface area is 120 Å². The molecule has 1 atom stereocenters. The van der Waals surface area contributed by atoms with Crippen molar-refractivity contribution in [3.8, 4) is 0 Å². The van der Waals surface area contributed by atoms with Crippen LogP contribution in [0.1, 0.15) is 18.1 Å². The van der Waals surface area contributed by atoms with Gasteiger partial charge in [-0.15, -0.1) is 11.8 Å². The van der Waals surface area contributed by atoms with Crippen LogP contribution in [0, 0.1) is 0 Å². The summed E-state index contributed by atoms with van der Waals surface area (Å²) < 4.78 is 1.17. The maximum atomic E-state index is 4.21. The lowest BCUT2D eigenvalue weighted by molar-refractivity contribution is 0.534. The molecule has 0 bridgehead atoms. The summed E-state index contributed by atoms with van der Waals surface area (Å²) >= 11 is 5.50. The summed E-state index contributed by atoms with van der Waals surface area (Å²) in [6.07, 6.45) is 4.87. The number of fused-ring (bicyclic) bond motifs is 1. The number of hydrogen-bond donors (Lipinski definition) is 0. The molecule has 3 heteroatoms. The molecule has 0 radical (unpaired) electrons. The molecule has 0 saturated carbocycles. The van der Waals surface area contributed by atoms with Crippen molar-refractivity contribution < 1.29 is 0 Å². The normalized spacial score (nSPS) is 21.9. The van der Waals surface area contributed by atoms with E-state index in [0.717, 1.165) is 12.2 Å². The highest BCUT2D eigenvalue weighted by molar-refractivity contribution is 9.10. The van der Waals surface area contributed by atoms with Crippen LogP contribution in [0.2, 0.25) is 0 Å². The van der Waals surface area contributed by atoms with E-state index in [4.69, 9.17) is 0 Å². The van der Waals surface area contributed by atoms with Gasteiger partial charge in [0, 0.05) is 32.9 Å². The van der Waals surface area contributed by atoms with E-state index < -0.39 is 0 Å². The molecule has 92 valence electrons. The van der Waals surface area contributed by atoms with Crippen LogP contribution in [0.25, 0.3) is 0 Å². The van der Waals surface area contributed by atoms with Crippen LogP contribution in [-0.2, 0) is 11.8 Å². The first-order valence-corrected chi connectivity index (χ1v) is 7.77. The molecule has 18 heavy (non-hydrogen) atoms. The third kappa shape index (κ3) is 2.21. The standard InChI is InChI=1S/C15H14BrNS/c1-15(8-11-3-2-6-17-9-11)10-18-14-7-12(16)4-5-13(14)15/h2-7,9H,8,10H2,1H3. The Balaban J connectivity index is 1.94. The number of rotatable bonds is 2. The SMILES string of the molecule is CC1(Cc2cccnc2)CSc2cc(Br)ccc21. The molecule has 1 aromatic heterocycles. The molecule has 1 aromatic carbocycles. The Kier molecular flexibility index (Phi) is 3.20. The van der Waals surface area contributed by atoms with E-state index >= 15 is 0 Å². The van der Waals surface area contributed by atoms with Crippen LogP contribution in [0.4, 0.5) is 0 Å². The van der Waals surface area contributed by atoms with Crippen molar-refractivity contribution in [1.29, 1.82) is 0 Å². The van der Waals surface area contributed by atoms with Crippen molar-refractivity contribution in [3.05, 3.63) is 58.3 Å². The summed E-state index contributed by atoms with van der Waals surface area (Å²) in [4.78, 5) is 5.63. The average molecular weight is 320 g/mol. The van der Waals surface area contributed by atoms with Gasteiger partial charge in [0.25, 0.3) is 0 Å². The van der Waals surface area contributed by atoms with E-state index in [9.17, 15) is 0 Å². The van der Waals surface area contributed by atoms with Gasteiger partial charge in [-0.2, -0.15) is 0 Å². The van der Waals surface area contributed by atoms with Crippen LogP contribution in [0.5, 0.6) is 0 Å². The second kappa shape index (κ2) is 4.71. The van der Waals surface area contributed by atoms with Crippen molar-refractivity contribution in [1.82, 2.24) is 4.98 Å². The molecule has 0 saturated heterocycles. The first-order valence-electron chi connectivity index (χ1n) is 5.99. The quantitative estimate of drug-likeness (QED) is 0.811. The molecule has 0 aliphatic carbocycles. The maximum absolute atomic E-state index is 4.21. The van der Waals surface area contributed by atoms with Crippen LogP contribution in [-0.4, -0.2) is 10.7 Å². The van der Waals surface area contributed by atoms with Crippen molar-refractivity contribution in [3.63, 3.8) is 0 Å². The highest BCUT2D eigenvalue weighted by Crippen LogP contribution is 2.46. The topological polar surface area (TPSA) is 12.9 Å². The number of thioether (sulfide) groups is 1. The molecule has 1 nitrogen and oxygen atoms in total. The summed E-state index contributed by atoms with van der Waals surface area (Å²) in [5, 5.41) is 0. The highest BCUT2D eigenvalue weighted by Gasteiger charge is 2.35. The summed E-state index contributed by atoms with van der Waals surface area (Å²) in [7, 11) is 0. The van der Waals surface area contributed by atoms with Gasteiger partial charge >= 0.3 is 0 Å². The van der Waals surface area contributed by atoms with Gasteiger partial charge in [0.2, 0.25) is 0 Å². The molecule has 1 aliphatic rings. The largest absolute Gasteiger partial charge is 0.264 e. The Hall–Kier alpha value is -0.800. The monoisotopic (exact) mass is 319 g/mol. The highest BCUT2D eigenvalue weighted by atomic mass is 79.9. The minimum absolute atomic E-state index is 0.226. The van der Waals surface area contributed by atoms with Gasteiger partial charge < -0.3 is 0 Å². The molecule has 0 fully saturated rings. The minimum atomic E-state index is 0.226. The fourth-order valence-corrected chi connectivity index (χ4v) is 4.45. The van der Waals surface area contributed by atoms with Crippen molar-refractivity contribution in [2.45, 2.75) is 23.7 Å². The number of aromatic nitrogens is 1. The number of halogens is 1. The van der Waals surface area contributed by atoms with Crippen molar-refractivity contribution in [2.75, 3.05) is 5.75 Å². The molecule has 0 N–H and O–H groups in total. The van der Waals surface area contributed by atoms with Crippen LogP contribution >= 0.6 is 27.7 Å². The minimum Gasteiger partial charge on any atom is -0.264 e. The lowest BCUT2D eigenvalue weighted by Gasteiger charge is -2.24. The summed E-state index contributed by atoms with van der Waals surface area (Å²) in [5.74, 6) is 1.15. The Morgan fingerprint density at radius 3 is 3.06 bits per heavy atom. The third-order valence-electron chi connectivity index (χ3n) is 3.46. The van der Waals surface area contributed by atoms with E-state index in [-0.39, 0.29) is 5.41 Å². The van der Waals surface area contributed by atoms with Gasteiger partial charge in [-0.25, -0.2) is 0 Å². The molecular formula is C15H14BrNS. The van der Waals surface area contributed by atoms with Crippen LogP contribution < -0.4 is 0 Å². The number of hydrogen-bond acceptors (Lipinski definition) is 2. The predicted octanol–water partition coefficient (Wildman–Crippen LogP) is 4.45. The fraction of sp³-hybridized carbons (Fsp3) is 0.267. The molecule has 0 spiro atoms. The molecule has 0 amide bonds. The van der Waals surface area contributed by atoms with E-state index in [1.54, 1.807) is 0 Å². The van der Waals surface area contributed by atoms with Gasteiger partial charge in [-0.1, -0.05) is 35.0 Å². The third-order valence-corrected chi connectivity index (χ3v) is 5.38. The molecule has 2 heterocycles. The zero-order chi connectivity index (χ0) is 12.6. The smallest absolute Gasteiger partial charge is 0.0300 e. The maximum Gasteiger partial charge on any atom is 0.0300 e. The summed E-state index contributed by atoms with van der Waals surface area (Å²) in [6, 6.07) is 10.8. The Morgan fingerprint density at radius 2 is 2.28 bits per heavy atom. The van der Waals surface area contributed by atoms with E-state index in [0.29, 0.717) is 0 Å². The zero-order valence-corrected chi connectivity index (χ0v) is 12.6. The molecular weight excluding hydrogens is 306 g/mol. The Bertz CT molecular complexity index is 570. The second-order valence-electron chi connectivity index (χ2n) is 5.03. The van der Waals surface area contributed by atoms with E-state index in [2.05, 4.69) is 52.1 Å². The second-order valence-corrected chi connectivity index (χ2v) is 6.96. The first-order chi connectivity index (χ1) is 8.67. The number of pyridine rings is 1. The predicted molar refractivity (Wildman–Crippen MR) is 80.2 cm³/mol. The molecule has 2 aromatic rings. The molecule has 3 rings (SSSR count). The average Bonchev–Trinajstić information content (AvgIpc) is 2.67. The van der Waals surface area contributed by atoms with Gasteiger partial charge in [-0.05, 0) is 35.7 Å². The van der Waals surface area contributed by atoms with E-state index in [1.807, 2.05) is 30.2 Å². The lowest BCUT2D eigenvalue weighted by Crippen LogP contribution is -2.24. The van der Waals surface area contributed by atoms with E-state index in [1.165, 1.54) is 20.5 Å². The van der Waals surface area contributed by atoms with Gasteiger partial charge in [0.1, 0.15) is 0 Å². The first kappa shape index (κ1) is 12.2. The molecule has 1 unspecified atom stereocenters. The van der Waals surface area contributed by atoms with Crippen molar-refractivity contribution in [2.24, 2.45) is 0 Å². The number of benzene rings is 1. The number of nitrogens with zero attached hydrogens (tertiary/aromatic N) is 1. The van der Waals surface area contributed by atoms with Gasteiger partial charge in [0.05, 0.1) is 0 Å². The summed E-state index contributed by atoms with van der Waals surface area (Å²) in [5.41, 5.74) is 3.01. The fourth-order valence-electron chi connectivity index (χ4n) is 2.53. The molecule has 1 aliphatic heterocycles.